The van der Waals surface area contributed by atoms with Gasteiger partial charge in [-0.15, -0.1) is 0 Å². The molecule has 1 aliphatic rings. The minimum absolute atomic E-state index is 0.00521. The van der Waals surface area contributed by atoms with Crippen molar-refractivity contribution >= 4 is 23.5 Å². The van der Waals surface area contributed by atoms with Crippen LogP contribution < -0.4 is 4.90 Å². The lowest BCUT2D eigenvalue weighted by atomic mass is 10.4. The highest BCUT2D eigenvalue weighted by molar-refractivity contribution is 7.98. The zero-order chi connectivity index (χ0) is 18.5. The smallest absolute Gasteiger partial charge is 0.289 e. The van der Waals surface area contributed by atoms with Crippen molar-refractivity contribution in [3.05, 3.63) is 35.4 Å². The third-order valence-corrected chi connectivity index (χ3v) is 5.39. The molecule has 0 aliphatic carbocycles. The molecule has 1 saturated heterocycles. The molecule has 0 atom stereocenters. The number of anilines is 1. The third kappa shape index (κ3) is 4.38. The van der Waals surface area contributed by atoms with Crippen molar-refractivity contribution in [3.8, 4) is 0 Å². The first kappa shape index (κ1) is 18.8. The van der Waals surface area contributed by atoms with E-state index in [1.807, 2.05) is 24.0 Å². The van der Waals surface area contributed by atoms with E-state index in [2.05, 4.69) is 28.7 Å². The molecular weight excluding hydrogens is 348 g/mol. The highest BCUT2D eigenvalue weighted by Crippen LogP contribution is 2.24. The standard InChI is InChI=1S/C19H26N4O2S/c1-4-22(5-2)17-12-14(3)20-19(21-17)26-13-15-8-9-16(25-15)18(24)23-10-6-7-11-23/h8-9,12H,4-7,10-11,13H2,1-3H3. The van der Waals surface area contributed by atoms with E-state index < -0.39 is 0 Å². The molecule has 2 aromatic rings. The van der Waals surface area contributed by atoms with Crippen LogP contribution in [-0.2, 0) is 5.75 Å². The number of amides is 1. The summed E-state index contributed by atoms with van der Waals surface area (Å²) in [5.74, 6) is 2.75. The average molecular weight is 375 g/mol. The van der Waals surface area contributed by atoms with Crippen LogP contribution in [0, 0.1) is 6.92 Å². The predicted octanol–water partition coefficient (Wildman–Crippen LogP) is 3.75. The van der Waals surface area contributed by atoms with Crippen LogP contribution in [0.3, 0.4) is 0 Å². The van der Waals surface area contributed by atoms with Gasteiger partial charge < -0.3 is 14.2 Å². The van der Waals surface area contributed by atoms with E-state index in [0.29, 0.717) is 11.5 Å². The van der Waals surface area contributed by atoms with E-state index in [4.69, 9.17) is 4.42 Å². The largest absolute Gasteiger partial charge is 0.455 e. The predicted molar refractivity (Wildman–Crippen MR) is 104 cm³/mol. The lowest BCUT2D eigenvalue weighted by molar-refractivity contribution is 0.0760. The van der Waals surface area contributed by atoms with Crippen LogP contribution in [0.25, 0.3) is 0 Å². The van der Waals surface area contributed by atoms with Gasteiger partial charge >= 0.3 is 0 Å². The van der Waals surface area contributed by atoms with Crippen molar-refractivity contribution in [2.24, 2.45) is 0 Å². The Bertz CT molecular complexity index is 752. The second-order valence-corrected chi connectivity index (χ2v) is 7.32. The number of aromatic nitrogens is 2. The van der Waals surface area contributed by atoms with Crippen molar-refractivity contribution < 1.29 is 9.21 Å². The van der Waals surface area contributed by atoms with Crippen LogP contribution in [-0.4, -0.2) is 47.0 Å². The number of likely N-dealkylation sites (tertiary alicyclic amines) is 1. The molecule has 0 saturated carbocycles. The summed E-state index contributed by atoms with van der Waals surface area (Å²) in [6, 6.07) is 5.66. The Morgan fingerprint density at radius 3 is 2.65 bits per heavy atom. The summed E-state index contributed by atoms with van der Waals surface area (Å²) in [4.78, 5) is 25.6. The fourth-order valence-corrected chi connectivity index (χ4v) is 3.87. The molecule has 26 heavy (non-hydrogen) atoms. The number of aryl methyl sites for hydroxylation is 1. The molecule has 1 aliphatic heterocycles. The highest BCUT2D eigenvalue weighted by atomic mass is 32.2. The molecule has 1 amide bonds. The van der Waals surface area contributed by atoms with Crippen LogP contribution in [0.5, 0.6) is 0 Å². The summed E-state index contributed by atoms with van der Waals surface area (Å²) in [6.45, 7) is 9.71. The number of hydrogen-bond donors (Lipinski definition) is 0. The molecule has 0 N–H and O–H groups in total. The second-order valence-electron chi connectivity index (χ2n) is 6.38. The first-order valence-electron chi connectivity index (χ1n) is 9.22. The van der Waals surface area contributed by atoms with Gasteiger partial charge in [0.1, 0.15) is 11.6 Å². The molecule has 0 spiro atoms. The van der Waals surface area contributed by atoms with Gasteiger partial charge in [-0.25, -0.2) is 9.97 Å². The topological polar surface area (TPSA) is 62.5 Å². The Kier molecular flexibility index (Phi) is 6.19. The van der Waals surface area contributed by atoms with Gasteiger partial charge in [-0.2, -0.15) is 0 Å². The van der Waals surface area contributed by atoms with Crippen LogP contribution >= 0.6 is 11.8 Å². The Morgan fingerprint density at radius 1 is 1.23 bits per heavy atom. The third-order valence-electron chi connectivity index (χ3n) is 4.52. The fraction of sp³-hybridized carbons (Fsp3) is 0.526. The van der Waals surface area contributed by atoms with E-state index in [1.54, 1.807) is 6.07 Å². The maximum atomic E-state index is 12.4. The Morgan fingerprint density at radius 2 is 1.96 bits per heavy atom. The summed E-state index contributed by atoms with van der Waals surface area (Å²) in [5, 5.41) is 0.732. The summed E-state index contributed by atoms with van der Waals surface area (Å²) in [6.07, 6.45) is 2.16. The van der Waals surface area contributed by atoms with Gasteiger partial charge in [0, 0.05) is 37.9 Å². The number of hydrogen-bond acceptors (Lipinski definition) is 6. The van der Waals surface area contributed by atoms with Gasteiger partial charge in [0.2, 0.25) is 0 Å². The van der Waals surface area contributed by atoms with Gasteiger partial charge in [0.15, 0.2) is 10.9 Å². The quantitative estimate of drug-likeness (QED) is 0.543. The average Bonchev–Trinajstić information content (AvgIpc) is 3.32. The lowest BCUT2D eigenvalue weighted by Gasteiger charge is -2.20. The van der Waals surface area contributed by atoms with Gasteiger partial charge in [-0.3, -0.25) is 4.79 Å². The molecule has 0 aromatic carbocycles. The molecule has 2 aromatic heterocycles. The summed E-state index contributed by atoms with van der Waals surface area (Å²) < 4.78 is 5.75. The molecule has 1 fully saturated rings. The summed E-state index contributed by atoms with van der Waals surface area (Å²) >= 11 is 1.53. The Labute approximate surface area is 159 Å². The summed E-state index contributed by atoms with van der Waals surface area (Å²) in [5.41, 5.74) is 0.953. The van der Waals surface area contributed by atoms with Crippen molar-refractivity contribution in [2.75, 3.05) is 31.1 Å². The van der Waals surface area contributed by atoms with Gasteiger partial charge in [0.05, 0.1) is 5.75 Å². The van der Waals surface area contributed by atoms with Crippen molar-refractivity contribution in [1.82, 2.24) is 14.9 Å². The maximum absolute atomic E-state index is 12.4. The van der Waals surface area contributed by atoms with E-state index in [9.17, 15) is 4.79 Å². The zero-order valence-corrected chi connectivity index (χ0v) is 16.5. The minimum Gasteiger partial charge on any atom is -0.455 e. The number of nitrogens with zero attached hydrogens (tertiary/aromatic N) is 4. The minimum atomic E-state index is -0.00521. The second kappa shape index (κ2) is 8.58. The monoisotopic (exact) mass is 374 g/mol. The van der Waals surface area contributed by atoms with Crippen molar-refractivity contribution in [1.29, 1.82) is 0 Å². The Balaban J connectivity index is 1.65. The first-order valence-corrected chi connectivity index (χ1v) is 10.2. The van der Waals surface area contributed by atoms with Crippen molar-refractivity contribution in [3.63, 3.8) is 0 Å². The number of thioether (sulfide) groups is 1. The van der Waals surface area contributed by atoms with Crippen LogP contribution in [0.15, 0.2) is 27.8 Å². The maximum Gasteiger partial charge on any atom is 0.289 e. The Hall–Kier alpha value is -2.02. The molecule has 140 valence electrons. The fourth-order valence-electron chi connectivity index (χ4n) is 3.08. The molecule has 7 heteroatoms. The lowest BCUT2D eigenvalue weighted by Crippen LogP contribution is -2.27. The SMILES string of the molecule is CCN(CC)c1cc(C)nc(SCc2ccc(C(=O)N3CCCC3)o2)n1. The zero-order valence-electron chi connectivity index (χ0n) is 15.7. The summed E-state index contributed by atoms with van der Waals surface area (Å²) in [7, 11) is 0. The number of carbonyl (C=O) groups is 1. The molecule has 3 rings (SSSR count). The van der Waals surface area contributed by atoms with E-state index in [1.165, 1.54) is 11.8 Å². The van der Waals surface area contributed by atoms with Gasteiger partial charge in [-0.1, -0.05) is 11.8 Å². The molecule has 0 bridgehead atoms. The molecular formula is C19H26N4O2S. The molecule has 6 nitrogen and oxygen atoms in total. The number of rotatable bonds is 7. The first-order chi connectivity index (χ1) is 12.6. The molecule has 0 unspecified atom stereocenters. The van der Waals surface area contributed by atoms with E-state index in [0.717, 1.165) is 61.4 Å². The number of carbonyl (C=O) groups excluding carboxylic acids is 1. The van der Waals surface area contributed by atoms with Gasteiger partial charge in [0.25, 0.3) is 5.91 Å². The van der Waals surface area contributed by atoms with Crippen LogP contribution in [0.2, 0.25) is 0 Å². The van der Waals surface area contributed by atoms with Crippen molar-refractivity contribution in [2.45, 2.75) is 44.5 Å². The molecule has 3 heterocycles. The van der Waals surface area contributed by atoms with Crippen LogP contribution in [0.1, 0.15) is 48.7 Å². The van der Waals surface area contributed by atoms with Crippen LogP contribution in [0.4, 0.5) is 5.82 Å². The van der Waals surface area contributed by atoms with E-state index >= 15 is 0 Å². The normalized spacial score (nSPS) is 14.0. The van der Waals surface area contributed by atoms with E-state index in [-0.39, 0.29) is 5.91 Å². The highest BCUT2D eigenvalue weighted by Gasteiger charge is 2.22. The molecule has 0 radical (unpaired) electrons. The van der Waals surface area contributed by atoms with Gasteiger partial charge in [-0.05, 0) is 45.7 Å². The number of furan rings is 1.